The van der Waals surface area contributed by atoms with Crippen molar-refractivity contribution in [1.82, 2.24) is 15.2 Å². The summed E-state index contributed by atoms with van der Waals surface area (Å²) in [4.78, 5) is 30.5. The van der Waals surface area contributed by atoms with Crippen LogP contribution in [0.5, 0.6) is 0 Å². The molecule has 2 N–H and O–H groups in total. The summed E-state index contributed by atoms with van der Waals surface area (Å²) in [6.07, 6.45) is 2.72. The maximum Gasteiger partial charge on any atom is 0.280 e. The molecule has 1 saturated heterocycles. The Morgan fingerprint density at radius 1 is 1.10 bits per heavy atom. The van der Waals surface area contributed by atoms with E-state index in [1.54, 1.807) is 36.5 Å². The van der Waals surface area contributed by atoms with Crippen LogP contribution in [0.2, 0.25) is 0 Å². The van der Waals surface area contributed by atoms with Crippen LogP contribution >= 0.6 is 12.2 Å². The van der Waals surface area contributed by atoms with Crippen molar-refractivity contribution >= 4 is 34.6 Å². The SMILES string of the molecule is CCc1ccccc1NC(=O)CCN1C(=S)NC(c2ccccn2)C1c1ccc(-c2ccccc2[N+](=O)[O-])o1. The van der Waals surface area contributed by atoms with Gasteiger partial charge in [0, 0.05) is 30.9 Å². The second-order valence-electron chi connectivity index (χ2n) is 9.11. The maximum atomic E-state index is 12.9. The Bertz CT molecular complexity index is 1510. The van der Waals surface area contributed by atoms with Crippen molar-refractivity contribution in [2.24, 2.45) is 0 Å². The van der Waals surface area contributed by atoms with Gasteiger partial charge in [-0.1, -0.05) is 43.3 Å². The first-order valence-electron chi connectivity index (χ1n) is 12.7. The van der Waals surface area contributed by atoms with Crippen LogP contribution in [0, 0.1) is 10.1 Å². The number of aryl methyl sites for hydroxylation is 1. The smallest absolute Gasteiger partial charge is 0.280 e. The number of carbonyl (C=O) groups is 1. The summed E-state index contributed by atoms with van der Waals surface area (Å²) in [5, 5.41) is 18.4. The van der Waals surface area contributed by atoms with Crippen LogP contribution < -0.4 is 10.6 Å². The number of thiocarbonyl (C=S) groups is 1. The Balaban J connectivity index is 1.42. The molecule has 3 heterocycles. The molecular formula is C29H27N5O4S. The fraction of sp³-hybridized carbons (Fsp3) is 0.207. The zero-order chi connectivity index (χ0) is 27.4. The Kier molecular flexibility index (Phi) is 7.64. The van der Waals surface area contributed by atoms with Crippen molar-refractivity contribution in [3.63, 3.8) is 0 Å². The number of rotatable bonds is 9. The highest BCUT2D eigenvalue weighted by Crippen LogP contribution is 2.41. The predicted molar refractivity (Wildman–Crippen MR) is 152 cm³/mol. The second kappa shape index (κ2) is 11.4. The molecule has 2 aromatic carbocycles. The standard InChI is InChI=1S/C29H27N5O4S/c1-2-19-9-3-5-11-21(19)31-26(35)16-18-33-28(27(32-29(33)39)22-12-7-8-17-30-22)25-15-14-24(38-25)20-10-4-6-13-23(20)34(36)37/h3-15,17,27-28H,2,16,18H2,1H3,(H,31,35)(H,32,39). The highest BCUT2D eigenvalue weighted by atomic mass is 32.1. The minimum absolute atomic E-state index is 0.0411. The molecule has 0 bridgehead atoms. The first kappa shape index (κ1) is 26.1. The van der Waals surface area contributed by atoms with Crippen LogP contribution in [0.3, 0.4) is 0 Å². The number of nitro groups is 1. The number of benzene rings is 2. The van der Waals surface area contributed by atoms with Crippen molar-refractivity contribution in [2.45, 2.75) is 31.8 Å². The van der Waals surface area contributed by atoms with Gasteiger partial charge in [-0.15, -0.1) is 0 Å². The zero-order valence-electron chi connectivity index (χ0n) is 21.2. The van der Waals surface area contributed by atoms with E-state index in [-0.39, 0.29) is 24.1 Å². The number of hydrogen-bond acceptors (Lipinski definition) is 6. The quantitative estimate of drug-likeness (QED) is 0.155. The summed E-state index contributed by atoms with van der Waals surface area (Å²) in [7, 11) is 0. The van der Waals surface area contributed by atoms with E-state index in [4.69, 9.17) is 16.6 Å². The molecule has 9 nitrogen and oxygen atoms in total. The molecule has 2 unspecified atom stereocenters. The van der Waals surface area contributed by atoms with E-state index >= 15 is 0 Å². The largest absolute Gasteiger partial charge is 0.459 e. The minimum atomic E-state index is -0.428. The maximum absolute atomic E-state index is 12.9. The van der Waals surface area contributed by atoms with E-state index in [0.29, 0.717) is 28.7 Å². The molecule has 2 atom stereocenters. The number of anilines is 1. The van der Waals surface area contributed by atoms with Gasteiger partial charge in [-0.2, -0.15) is 0 Å². The van der Waals surface area contributed by atoms with Crippen LogP contribution in [-0.2, 0) is 11.2 Å². The van der Waals surface area contributed by atoms with Crippen LogP contribution in [0.15, 0.2) is 89.5 Å². The highest BCUT2D eigenvalue weighted by Gasteiger charge is 2.41. The predicted octanol–water partition coefficient (Wildman–Crippen LogP) is 5.81. The number of aromatic nitrogens is 1. The molecule has 0 spiro atoms. The number of furan rings is 1. The van der Waals surface area contributed by atoms with E-state index in [0.717, 1.165) is 23.4 Å². The van der Waals surface area contributed by atoms with Gasteiger partial charge in [-0.3, -0.25) is 19.9 Å². The number of amides is 1. The monoisotopic (exact) mass is 541 g/mol. The number of nitrogens with one attached hydrogen (secondary N) is 2. The third-order valence-electron chi connectivity index (χ3n) is 6.73. The van der Waals surface area contributed by atoms with Gasteiger partial charge in [0.2, 0.25) is 5.91 Å². The number of nitrogens with zero attached hydrogens (tertiary/aromatic N) is 3. The fourth-order valence-electron chi connectivity index (χ4n) is 4.84. The van der Waals surface area contributed by atoms with E-state index in [1.807, 2.05) is 54.3 Å². The number of nitro benzene ring substituents is 1. The number of carbonyl (C=O) groups excluding carboxylic acids is 1. The average Bonchev–Trinajstić information content (AvgIpc) is 3.57. The van der Waals surface area contributed by atoms with Gasteiger partial charge in [0.1, 0.15) is 17.6 Å². The summed E-state index contributed by atoms with van der Waals surface area (Å²) >= 11 is 5.70. The Labute approximate surface area is 231 Å². The molecule has 39 heavy (non-hydrogen) atoms. The van der Waals surface area contributed by atoms with Crippen molar-refractivity contribution in [3.8, 4) is 11.3 Å². The minimum Gasteiger partial charge on any atom is -0.459 e. The molecule has 4 aromatic rings. The summed E-state index contributed by atoms with van der Waals surface area (Å²) in [5.74, 6) is 0.811. The van der Waals surface area contributed by atoms with Crippen molar-refractivity contribution in [3.05, 3.63) is 112 Å². The summed E-state index contributed by atoms with van der Waals surface area (Å²) in [6.45, 7) is 2.38. The molecular weight excluding hydrogens is 514 g/mol. The second-order valence-corrected chi connectivity index (χ2v) is 9.49. The van der Waals surface area contributed by atoms with E-state index in [9.17, 15) is 14.9 Å². The van der Waals surface area contributed by atoms with Crippen molar-refractivity contribution in [2.75, 3.05) is 11.9 Å². The lowest BCUT2D eigenvalue weighted by Gasteiger charge is -2.26. The molecule has 0 saturated carbocycles. The van der Waals surface area contributed by atoms with E-state index in [2.05, 4.69) is 15.6 Å². The van der Waals surface area contributed by atoms with E-state index in [1.165, 1.54) is 6.07 Å². The lowest BCUT2D eigenvalue weighted by Crippen LogP contribution is -2.32. The average molecular weight is 542 g/mol. The summed E-state index contributed by atoms with van der Waals surface area (Å²) in [6, 6.07) is 22.6. The summed E-state index contributed by atoms with van der Waals surface area (Å²) in [5.41, 5.74) is 2.97. The van der Waals surface area contributed by atoms with Crippen LogP contribution in [0.4, 0.5) is 11.4 Å². The Hall–Kier alpha value is -4.57. The molecule has 10 heteroatoms. The molecule has 5 rings (SSSR count). The van der Waals surface area contributed by atoms with Crippen molar-refractivity contribution < 1.29 is 14.1 Å². The molecule has 1 aliphatic heterocycles. The van der Waals surface area contributed by atoms with Gasteiger partial charge in [0.25, 0.3) is 5.69 Å². The zero-order valence-corrected chi connectivity index (χ0v) is 22.1. The fourth-order valence-corrected chi connectivity index (χ4v) is 5.17. The normalized spacial score (nSPS) is 16.6. The molecule has 0 radical (unpaired) electrons. The first-order valence-corrected chi connectivity index (χ1v) is 13.1. The van der Waals surface area contributed by atoms with Crippen LogP contribution in [0.25, 0.3) is 11.3 Å². The van der Waals surface area contributed by atoms with Crippen LogP contribution in [-0.4, -0.2) is 32.4 Å². The van der Waals surface area contributed by atoms with Gasteiger partial charge in [-0.05, 0) is 60.6 Å². The van der Waals surface area contributed by atoms with E-state index < -0.39 is 11.0 Å². The summed E-state index contributed by atoms with van der Waals surface area (Å²) < 4.78 is 6.23. The molecule has 1 aliphatic rings. The third-order valence-corrected chi connectivity index (χ3v) is 7.09. The number of hydrogen-bond donors (Lipinski definition) is 2. The van der Waals surface area contributed by atoms with Crippen molar-refractivity contribution in [1.29, 1.82) is 0 Å². The first-order chi connectivity index (χ1) is 19.0. The van der Waals surface area contributed by atoms with Crippen LogP contribution in [0.1, 0.15) is 42.4 Å². The molecule has 1 amide bonds. The van der Waals surface area contributed by atoms with Gasteiger partial charge in [0.15, 0.2) is 5.11 Å². The molecule has 2 aromatic heterocycles. The molecule has 1 fully saturated rings. The molecule has 198 valence electrons. The lowest BCUT2D eigenvalue weighted by molar-refractivity contribution is -0.384. The Morgan fingerprint density at radius 2 is 1.87 bits per heavy atom. The Morgan fingerprint density at radius 3 is 2.64 bits per heavy atom. The molecule has 0 aliphatic carbocycles. The topological polar surface area (TPSA) is 114 Å². The van der Waals surface area contributed by atoms with Gasteiger partial charge in [0.05, 0.1) is 22.2 Å². The lowest BCUT2D eigenvalue weighted by atomic mass is 10.0. The number of para-hydroxylation sites is 2. The van der Waals surface area contributed by atoms with Gasteiger partial charge >= 0.3 is 0 Å². The number of pyridine rings is 1. The highest BCUT2D eigenvalue weighted by molar-refractivity contribution is 7.80. The van der Waals surface area contributed by atoms with Gasteiger partial charge in [-0.25, -0.2) is 0 Å². The third kappa shape index (κ3) is 5.51. The van der Waals surface area contributed by atoms with Gasteiger partial charge < -0.3 is 20.0 Å².